The van der Waals surface area contributed by atoms with Gasteiger partial charge in [0.05, 0.1) is 14.9 Å². The van der Waals surface area contributed by atoms with Crippen LogP contribution in [0.5, 0.6) is 0 Å². The molecule has 8 heteroatoms. The number of sulfonamides is 1. The molecule has 0 N–H and O–H groups in total. The van der Waals surface area contributed by atoms with E-state index in [1.54, 1.807) is 51.2 Å². The lowest BCUT2D eigenvalue weighted by molar-refractivity contribution is 0.0785. The Labute approximate surface area is 170 Å². The molecule has 1 amide bonds. The summed E-state index contributed by atoms with van der Waals surface area (Å²) < 4.78 is 26.7. The van der Waals surface area contributed by atoms with E-state index >= 15 is 0 Å². The van der Waals surface area contributed by atoms with Crippen molar-refractivity contribution in [2.75, 3.05) is 20.1 Å². The maximum absolute atomic E-state index is 12.7. The molecule has 0 spiro atoms. The topological polar surface area (TPSA) is 57.7 Å². The van der Waals surface area contributed by atoms with Crippen molar-refractivity contribution >= 4 is 39.1 Å². The fourth-order valence-corrected chi connectivity index (χ4v) is 4.53. The molecule has 0 fully saturated rings. The molecule has 0 aromatic heterocycles. The second-order valence-corrected chi connectivity index (χ2v) is 8.78. The minimum atomic E-state index is -3.62. The second kappa shape index (κ2) is 9.06. The van der Waals surface area contributed by atoms with Crippen LogP contribution < -0.4 is 0 Å². The highest BCUT2D eigenvalue weighted by molar-refractivity contribution is 7.89. The zero-order valence-corrected chi connectivity index (χ0v) is 17.8. The number of carbonyl (C=O) groups excluding carboxylic acids is 1. The van der Waals surface area contributed by atoms with E-state index in [2.05, 4.69) is 0 Å². The first-order chi connectivity index (χ1) is 12.7. The second-order valence-electron chi connectivity index (χ2n) is 6.03. The third-order valence-electron chi connectivity index (χ3n) is 4.17. The van der Waals surface area contributed by atoms with Gasteiger partial charge in [-0.25, -0.2) is 8.42 Å². The van der Waals surface area contributed by atoms with E-state index in [4.69, 9.17) is 23.2 Å². The monoisotopic (exact) mass is 428 g/mol. The van der Waals surface area contributed by atoms with E-state index in [9.17, 15) is 13.2 Å². The van der Waals surface area contributed by atoms with E-state index < -0.39 is 10.0 Å². The van der Waals surface area contributed by atoms with E-state index in [1.807, 2.05) is 0 Å². The number of hydrogen-bond donors (Lipinski definition) is 0. The molecule has 27 heavy (non-hydrogen) atoms. The van der Waals surface area contributed by atoms with E-state index in [-0.39, 0.29) is 10.8 Å². The Morgan fingerprint density at radius 1 is 1.00 bits per heavy atom. The number of carbonyl (C=O) groups is 1. The van der Waals surface area contributed by atoms with Gasteiger partial charge in [0, 0.05) is 32.2 Å². The van der Waals surface area contributed by atoms with Crippen LogP contribution in [0.2, 0.25) is 10.0 Å². The molecule has 0 bridgehead atoms. The van der Waals surface area contributed by atoms with Crippen LogP contribution >= 0.6 is 23.2 Å². The summed E-state index contributed by atoms with van der Waals surface area (Å²) in [6.07, 6.45) is 0. The molecular formula is C19H22Cl2N2O3S. The summed E-state index contributed by atoms with van der Waals surface area (Å²) in [6.45, 7) is 4.62. The van der Waals surface area contributed by atoms with Gasteiger partial charge in [-0.3, -0.25) is 4.79 Å². The van der Waals surface area contributed by atoms with E-state index in [0.717, 1.165) is 5.56 Å². The maximum atomic E-state index is 12.7. The molecule has 0 aliphatic carbocycles. The van der Waals surface area contributed by atoms with Crippen LogP contribution in [0.1, 0.15) is 29.8 Å². The maximum Gasteiger partial charge on any atom is 0.253 e. The lowest BCUT2D eigenvalue weighted by atomic mass is 10.1. The number of amides is 1. The highest BCUT2D eigenvalue weighted by Gasteiger charge is 2.23. The van der Waals surface area contributed by atoms with Gasteiger partial charge in [0.2, 0.25) is 10.0 Å². The molecule has 0 atom stereocenters. The Kier molecular flexibility index (Phi) is 7.28. The van der Waals surface area contributed by atoms with Gasteiger partial charge in [0.15, 0.2) is 0 Å². The molecule has 2 aromatic rings. The molecule has 0 heterocycles. The van der Waals surface area contributed by atoms with Crippen LogP contribution in [-0.2, 0) is 16.6 Å². The third kappa shape index (κ3) is 5.02. The molecule has 0 saturated heterocycles. The van der Waals surface area contributed by atoms with Crippen LogP contribution in [-0.4, -0.2) is 43.7 Å². The summed E-state index contributed by atoms with van der Waals surface area (Å²) in [4.78, 5) is 14.4. The zero-order valence-electron chi connectivity index (χ0n) is 15.4. The fraction of sp³-hybridized carbons (Fsp3) is 0.316. The summed E-state index contributed by atoms with van der Waals surface area (Å²) in [5.41, 5.74) is 1.14. The molecule has 146 valence electrons. The molecule has 0 aliphatic heterocycles. The van der Waals surface area contributed by atoms with Gasteiger partial charge >= 0.3 is 0 Å². The minimum absolute atomic E-state index is 0.111. The Hall–Kier alpha value is -1.60. The average Bonchev–Trinajstić information content (AvgIpc) is 2.65. The van der Waals surface area contributed by atoms with Crippen LogP contribution in [0, 0.1) is 0 Å². The summed E-state index contributed by atoms with van der Waals surface area (Å²) >= 11 is 11.9. The lowest BCUT2D eigenvalue weighted by Crippen LogP contribution is -2.31. The third-order valence-corrected chi connectivity index (χ3v) is 6.96. The van der Waals surface area contributed by atoms with E-state index in [0.29, 0.717) is 35.2 Å². The highest BCUT2D eigenvalue weighted by atomic mass is 35.5. The number of hydrogen-bond acceptors (Lipinski definition) is 3. The standard InChI is InChI=1S/C19H22Cl2N2O3S/c1-4-23(5-2)27(25,26)16-8-6-7-15(12-16)19(24)22(3)13-14-9-10-17(20)18(21)11-14/h6-12H,4-5,13H2,1-3H3. The van der Waals surface area contributed by atoms with Gasteiger partial charge in [0.1, 0.15) is 0 Å². The van der Waals surface area contributed by atoms with Crippen molar-refractivity contribution in [1.29, 1.82) is 0 Å². The van der Waals surface area contributed by atoms with Gasteiger partial charge in [0.25, 0.3) is 5.91 Å². The molecule has 2 aromatic carbocycles. The summed E-state index contributed by atoms with van der Waals surface area (Å²) in [7, 11) is -1.97. The molecule has 0 unspecified atom stereocenters. The first-order valence-corrected chi connectivity index (χ1v) is 10.7. The smallest absolute Gasteiger partial charge is 0.253 e. The van der Waals surface area contributed by atoms with Crippen molar-refractivity contribution < 1.29 is 13.2 Å². The van der Waals surface area contributed by atoms with Crippen LogP contribution in [0.3, 0.4) is 0 Å². The van der Waals surface area contributed by atoms with Crippen molar-refractivity contribution in [2.45, 2.75) is 25.3 Å². The fourth-order valence-electron chi connectivity index (χ4n) is 2.71. The SMILES string of the molecule is CCN(CC)S(=O)(=O)c1cccc(C(=O)N(C)Cc2ccc(Cl)c(Cl)c2)c1. The number of halogens is 2. The first kappa shape index (κ1) is 21.7. The Bertz CT molecular complexity index is 928. The average molecular weight is 429 g/mol. The molecule has 0 saturated carbocycles. The molecular weight excluding hydrogens is 407 g/mol. The lowest BCUT2D eigenvalue weighted by Gasteiger charge is -2.20. The quantitative estimate of drug-likeness (QED) is 0.660. The van der Waals surface area contributed by atoms with Gasteiger partial charge < -0.3 is 4.90 Å². The van der Waals surface area contributed by atoms with Gasteiger partial charge in [-0.05, 0) is 35.9 Å². The van der Waals surface area contributed by atoms with Crippen molar-refractivity contribution in [1.82, 2.24) is 9.21 Å². The minimum Gasteiger partial charge on any atom is -0.337 e. The van der Waals surface area contributed by atoms with Gasteiger partial charge in [-0.15, -0.1) is 0 Å². The van der Waals surface area contributed by atoms with Crippen molar-refractivity contribution in [3.63, 3.8) is 0 Å². The molecule has 0 radical (unpaired) electrons. The van der Waals surface area contributed by atoms with Gasteiger partial charge in [-0.1, -0.05) is 49.2 Å². The Morgan fingerprint density at radius 2 is 1.67 bits per heavy atom. The Balaban J connectivity index is 2.25. The van der Waals surface area contributed by atoms with Crippen molar-refractivity contribution in [3.05, 3.63) is 63.6 Å². The van der Waals surface area contributed by atoms with Crippen LogP contribution in [0.25, 0.3) is 0 Å². The number of nitrogens with zero attached hydrogens (tertiary/aromatic N) is 2. The predicted molar refractivity (Wildman–Crippen MR) is 109 cm³/mol. The summed E-state index contributed by atoms with van der Waals surface area (Å²) in [6, 6.07) is 11.3. The number of benzene rings is 2. The van der Waals surface area contributed by atoms with Crippen LogP contribution in [0.4, 0.5) is 0 Å². The zero-order chi connectivity index (χ0) is 20.2. The number of rotatable bonds is 7. The first-order valence-electron chi connectivity index (χ1n) is 8.50. The summed E-state index contributed by atoms with van der Waals surface area (Å²) in [5, 5.41) is 0.867. The van der Waals surface area contributed by atoms with Crippen molar-refractivity contribution in [3.8, 4) is 0 Å². The predicted octanol–water partition coefficient (Wildman–Crippen LogP) is 4.30. The largest absolute Gasteiger partial charge is 0.337 e. The molecule has 2 rings (SSSR count). The highest BCUT2D eigenvalue weighted by Crippen LogP contribution is 2.24. The summed E-state index contributed by atoms with van der Waals surface area (Å²) in [5.74, 6) is -0.280. The molecule has 0 aliphatic rings. The normalized spacial score (nSPS) is 11.6. The Morgan fingerprint density at radius 3 is 2.26 bits per heavy atom. The van der Waals surface area contributed by atoms with Crippen molar-refractivity contribution in [2.24, 2.45) is 0 Å². The molecule has 5 nitrogen and oxygen atoms in total. The van der Waals surface area contributed by atoms with Crippen LogP contribution in [0.15, 0.2) is 47.4 Å². The van der Waals surface area contributed by atoms with Gasteiger partial charge in [-0.2, -0.15) is 4.31 Å². The van der Waals surface area contributed by atoms with E-state index in [1.165, 1.54) is 21.3 Å².